The van der Waals surface area contributed by atoms with E-state index in [1.165, 1.54) is 6.20 Å². The van der Waals surface area contributed by atoms with Crippen LogP contribution < -0.4 is 5.73 Å². The molecular weight excluding hydrogens is 322 g/mol. The van der Waals surface area contributed by atoms with Crippen molar-refractivity contribution in [2.75, 3.05) is 5.73 Å². The number of nitrogens with zero attached hydrogens (tertiary/aromatic N) is 4. The van der Waals surface area contributed by atoms with Crippen LogP contribution in [0.3, 0.4) is 0 Å². The van der Waals surface area contributed by atoms with Gasteiger partial charge in [-0.2, -0.15) is 0 Å². The molecule has 1 aromatic carbocycles. The molecule has 0 fully saturated rings. The minimum Gasteiger partial charge on any atom is -0.414 e. The Labute approximate surface area is 123 Å². The molecule has 3 rings (SSSR count). The first-order chi connectivity index (χ1) is 9.63. The number of hydrogen-bond acceptors (Lipinski definition) is 6. The smallest absolute Gasteiger partial charge is 0.270 e. The van der Waals surface area contributed by atoms with Gasteiger partial charge in [-0.1, -0.05) is 17.7 Å². The summed E-state index contributed by atoms with van der Waals surface area (Å²) in [5.74, 6) is 0.903. The number of nitrogen functional groups attached to an aromatic ring is 1. The van der Waals surface area contributed by atoms with Crippen LogP contribution in [-0.4, -0.2) is 20.2 Å². The largest absolute Gasteiger partial charge is 0.414 e. The molecule has 0 atom stereocenters. The van der Waals surface area contributed by atoms with Crippen LogP contribution in [0.2, 0.25) is 0 Å². The van der Waals surface area contributed by atoms with Crippen LogP contribution in [0, 0.1) is 6.92 Å². The second-order valence-electron chi connectivity index (χ2n) is 4.20. The normalized spacial score (nSPS) is 10.7. The predicted octanol–water partition coefficient (Wildman–Crippen LogP) is 2.85. The van der Waals surface area contributed by atoms with Gasteiger partial charge in [0.2, 0.25) is 5.89 Å². The molecule has 3 aromatic rings. The molecule has 0 radical (unpaired) electrons. The second kappa shape index (κ2) is 5.01. The third-order valence-electron chi connectivity index (χ3n) is 2.70. The summed E-state index contributed by atoms with van der Waals surface area (Å²) in [5, 5.41) is 7.98. The summed E-state index contributed by atoms with van der Waals surface area (Å²) >= 11 is 3.23. The van der Waals surface area contributed by atoms with Crippen molar-refractivity contribution in [1.82, 2.24) is 20.2 Å². The molecule has 0 spiro atoms. The summed E-state index contributed by atoms with van der Waals surface area (Å²) in [7, 11) is 0. The summed E-state index contributed by atoms with van der Waals surface area (Å²) in [6.45, 7) is 2.01. The van der Waals surface area contributed by atoms with E-state index in [0.717, 1.165) is 11.1 Å². The van der Waals surface area contributed by atoms with Crippen molar-refractivity contribution in [2.45, 2.75) is 6.92 Å². The van der Waals surface area contributed by atoms with Gasteiger partial charge in [-0.15, -0.1) is 10.2 Å². The van der Waals surface area contributed by atoms with Gasteiger partial charge < -0.3 is 10.2 Å². The lowest BCUT2D eigenvalue weighted by atomic mass is 10.1. The molecule has 2 heterocycles. The first-order valence-electron chi connectivity index (χ1n) is 5.82. The van der Waals surface area contributed by atoms with Crippen LogP contribution in [0.5, 0.6) is 0 Å². The second-order valence-corrected chi connectivity index (χ2v) is 5.02. The number of benzene rings is 1. The molecule has 0 unspecified atom stereocenters. The highest BCUT2D eigenvalue weighted by Gasteiger charge is 2.15. The third kappa shape index (κ3) is 2.39. The molecule has 0 amide bonds. The monoisotopic (exact) mass is 331 g/mol. The fourth-order valence-electron chi connectivity index (χ4n) is 1.67. The fourth-order valence-corrected chi connectivity index (χ4v) is 1.95. The van der Waals surface area contributed by atoms with E-state index in [1.807, 2.05) is 31.2 Å². The van der Waals surface area contributed by atoms with Gasteiger partial charge in [0, 0.05) is 5.56 Å². The van der Waals surface area contributed by atoms with Gasteiger partial charge in [0.05, 0.1) is 6.20 Å². The van der Waals surface area contributed by atoms with Crippen molar-refractivity contribution in [2.24, 2.45) is 0 Å². The van der Waals surface area contributed by atoms with Crippen LogP contribution in [0.15, 0.2) is 39.5 Å². The molecule has 0 saturated heterocycles. The first-order valence-corrected chi connectivity index (χ1v) is 6.62. The minimum atomic E-state index is 0.242. The molecule has 0 bridgehead atoms. The maximum Gasteiger partial charge on any atom is 0.270 e. The van der Waals surface area contributed by atoms with Gasteiger partial charge in [0.1, 0.15) is 4.60 Å². The molecule has 100 valence electrons. The molecule has 6 nitrogen and oxygen atoms in total. The first kappa shape index (κ1) is 12.7. The number of rotatable bonds is 2. The summed E-state index contributed by atoms with van der Waals surface area (Å²) < 4.78 is 6.16. The Morgan fingerprint density at radius 3 is 2.55 bits per heavy atom. The van der Waals surface area contributed by atoms with Gasteiger partial charge in [-0.3, -0.25) is 0 Å². The highest BCUT2D eigenvalue weighted by atomic mass is 79.9. The Bertz CT molecular complexity index is 754. The third-order valence-corrected chi connectivity index (χ3v) is 3.08. The van der Waals surface area contributed by atoms with E-state index >= 15 is 0 Å². The Morgan fingerprint density at radius 2 is 1.80 bits per heavy atom. The summed E-state index contributed by atoms with van der Waals surface area (Å²) in [4.78, 5) is 8.19. The molecule has 0 saturated carbocycles. The Hall–Kier alpha value is -2.28. The number of anilines is 1. The van der Waals surface area contributed by atoms with Crippen molar-refractivity contribution in [3.8, 4) is 23.0 Å². The molecule has 0 aliphatic heterocycles. The fraction of sp³-hybridized carbons (Fsp3) is 0.0769. The average Bonchev–Trinajstić information content (AvgIpc) is 2.92. The van der Waals surface area contributed by atoms with Gasteiger partial charge in [-0.25, -0.2) is 9.97 Å². The molecule has 0 aliphatic rings. The zero-order valence-electron chi connectivity index (χ0n) is 10.5. The van der Waals surface area contributed by atoms with Crippen LogP contribution >= 0.6 is 15.9 Å². The van der Waals surface area contributed by atoms with E-state index in [9.17, 15) is 0 Å². The zero-order chi connectivity index (χ0) is 14.1. The Morgan fingerprint density at radius 1 is 1.10 bits per heavy atom. The predicted molar refractivity (Wildman–Crippen MR) is 77.6 cm³/mol. The number of aryl methyl sites for hydroxylation is 1. The van der Waals surface area contributed by atoms with Crippen molar-refractivity contribution < 1.29 is 4.42 Å². The molecule has 0 aliphatic carbocycles. The van der Waals surface area contributed by atoms with Crippen molar-refractivity contribution in [1.29, 1.82) is 0 Å². The van der Waals surface area contributed by atoms with Gasteiger partial charge in [0.25, 0.3) is 5.89 Å². The zero-order valence-corrected chi connectivity index (χ0v) is 12.1. The number of nitrogens with two attached hydrogens (primary N) is 1. The minimum absolute atomic E-state index is 0.242. The summed E-state index contributed by atoms with van der Waals surface area (Å²) in [6, 6.07) is 7.80. The lowest BCUT2D eigenvalue weighted by Crippen LogP contribution is -1.97. The van der Waals surface area contributed by atoms with Crippen molar-refractivity contribution in [3.05, 3.63) is 40.6 Å². The van der Waals surface area contributed by atoms with Gasteiger partial charge >= 0.3 is 0 Å². The quantitative estimate of drug-likeness (QED) is 0.776. The van der Waals surface area contributed by atoms with Gasteiger partial charge in [0.15, 0.2) is 11.5 Å². The standard InChI is InChI=1S/C13H10BrN5O/c1-7-2-4-8(5-3-7)12-18-19-13(20-12)10-11(15)16-6-9(14)17-10/h2-6H,1H3,(H2,15,16). The maximum absolute atomic E-state index is 5.77. The summed E-state index contributed by atoms with van der Waals surface area (Å²) in [5.41, 5.74) is 8.14. The van der Waals surface area contributed by atoms with E-state index in [-0.39, 0.29) is 11.7 Å². The SMILES string of the molecule is Cc1ccc(-c2nnc(-c3nc(Br)cnc3N)o2)cc1. The van der Waals surface area contributed by atoms with Crippen LogP contribution in [0.25, 0.3) is 23.0 Å². The highest BCUT2D eigenvalue weighted by Crippen LogP contribution is 2.26. The molecule has 7 heteroatoms. The van der Waals surface area contributed by atoms with E-state index in [2.05, 4.69) is 36.1 Å². The highest BCUT2D eigenvalue weighted by molar-refractivity contribution is 9.10. The van der Waals surface area contributed by atoms with Crippen molar-refractivity contribution >= 4 is 21.7 Å². The molecule has 2 N–H and O–H groups in total. The molecule has 20 heavy (non-hydrogen) atoms. The average molecular weight is 332 g/mol. The van der Waals surface area contributed by atoms with E-state index < -0.39 is 0 Å². The number of hydrogen-bond donors (Lipinski definition) is 1. The van der Waals surface area contributed by atoms with Gasteiger partial charge in [-0.05, 0) is 35.0 Å². The maximum atomic E-state index is 5.77. The topological polar surface area (TPSA) is 90.7 Å². The Kier molecular flexibility index (Phi) is 3.19. The lowest BCUT2D eigenvalue weighted by Gasteiger charge is -1.99. The Balaban J connectivity index is 2.01. The lowest BCUT2D eigenvalue weighted by molar-refractivity contribution is 0.582. The van der Waals surface area contributed by atoms with E-state index in [0.29, 0.717) is 16.2 Å². The van der Waals surface area contributed by atoms with Crippen LogP contribution in [0.1, 0.15) is 5.56 Å². The van der Waals surface area contributed by atoms with E-state index in [1.54, 1.807) is 0 Å². The molecule has 2 aromatic heterocycles. The van der Waals surface area contributed by atoms with Crippen molar-refractivity contribution in [3.63, 3.8) is 0 Å². The van der Waals surface area contributed by atoms with Crippen LogP contribution in [-0.2, 0) is 0 Å². The summed E-state index contributed by atoms with van der Waals surface area (Å²) in [6.07, 6.45) is 1.51. The van der Waals surface area contributed by atoms with E-state index in [4.69, 9.17) is 10.2 Å². The van der Waals surface area contributed by atoms with Crippen LogP contribution in [0.4, 0.5) is 5.82 Å². The number of halogens is 1. The number of aromatic nitrogens is 4. The molecular formula is C13H10BrN5O.